The molecule has 0 radical (unpaired) electrons. The summed E-state index contributed by atoms with van der Waals surface area (Å²) < 4.78 is 15.5. The standard InChI is InChI=1S/C13H22N2O4S/c1-7(2)19-10-9(14)11(13(16)18-5)20-12(10)15-8(3)6-17-4/h7-8,15H,6,14H2,1-5H3. The van der Waals surface area contributed by atoms with E-state index < -0.39 is 5.97 Å². The van der Waals surface area contributed by atoms with E-state index in [0.717, 1.165) is 0 Å². The van der Waals surface area contributed by atoms with Crippen LogP contribution in [0.25, 0.3) is 0 Å². The Morgan fingerprint density at radius 2 is 2.00 bits per heavy atom. The fourth-order valence-electron chi connectivity index (χ4n) is 1.64. The Kier molecular flexibility index (Phi) is 6.09. The van der Waals surface area contributed by atoms with Crippen molar-refractivity contribution in [1.82, 2.24) is 0 Å². The predicted molar refractivity (Wildman–Crippen MR) is 80.8 cm³/mol. The number of thiophene rings is 1. The fourth-order valence-corrected chi connectivity index (χ4v) is 2.72. The van der Waals surface area contributed by atoms with E-state index in [2.05, 4.69) is 5.32 Å². The fraction of sp³-hybridized carbons (Fsp3) is 0.615. The summed E-state index contributed by atoms with van der Waals surface area (Å²) in [4.78, 5) is 12.0. The quantitative estimate of drug-likeness (QED) is 0.752. The van der Waals surface area contributed by atoms with Gasteiger partial charge in [-0.3, -0.25) is 0 Å². The molecule has 6 nitrogen and oxygen atoms in total. The Morgan fingerprint density at radius 3 is 2.50 bits per heavy atom. The SMILES string of the molecule is COCC(C)Nc1sc(C(=O)OC)c(N)c1OC(C)C. The Labute approximate surface area is 123 Å². The number of nitrogen functional groups attached to an aromatic ring is 1. The van der Waals surface area contributed by atoms with Crippen molar-refractivity contribution in [2.24, 2.45) is 0 Å². The molecule has 0 bridgehead atoms. The van der Waals surface area contributed by atoms with Crippen molar-refractivity contribution >= 4 is 28.0 Å². The molecular weight excluding hydrogens is 280 g/mol. The van der Waals surface area contributed by atoms with Gasteiger partial charge in [-0.1, -0.05) is 0 Å². The van der Waals surface area contributed by atoms with Gasteiger partial charge >= 0.3 is 5.97 Å². The minimum Gasteiger partial charge on any atom is -0.486 e. The van der Waals surface area contributed by atoms with Crippen LogP contribution in [-0.4, -0.2) is 38.9 Å². The molecule has 1 aromatic rings. The molecule has 114 valence electrons. The number of esters is 1. The normalized spacial score (nSPS) is 12.3. The first-order valence-corrected chi connectivity index (χ1v) is 7.15. The zero-order chi connectivity index (χ0) is 15.3. The summed E-state index contributed by atoms with van der Waals surface area (Å²) in [5.41, 5.74) is 6.30. The third kappa shape index (κ3) is 4.01. The summed E-state index contributed by atoms with van der Waals surface area (Å²) in [6, 6.07) is 0.0676. The number of anilines is 2. The van der Waals surface area contributed by atoms with Crippen LogP contribution in [0.1, 0.15) is 30.4 Å². The number of nitrogens with one attached hydrogen (secondary N) is 1. The van der Waals surface area contributed by atoms with E-state index >= 15 is 0 Å². The Morgan fingerprint density at radius 1 is 1.35 bits per heavy atom. The minimum absolute atomic E-state index is 0.0457. The number of methoxy groups -OCH3 is 2. The van der Waals surface area contributed by atoms with E-state index in [0.29, 0.717) is 27.9 Å². The molecule has 3 N–H and O–H groups in total. The molecule has 1 heterocycles. The zero-order valence-corrected chi connectivity index (χ0v) is 13.3. The van der Waals surface area contributed by atoms with E-state index in [4.69, 9.17) is 19.9 Å². The first kappa shape index (κ1) is 16.6. The summed E-state index contributed by atoms with van der Waals surface area (Å²) >= 11 is 1.22. The van der Waals surface area contributed by atoms with E-state index in [9.17, 15) is 4.79 Å². The zero-order valence-electron chi connectivity index (χ0n) is 12.5. The highest BCUT2D eigenvalue weighted by Gasteiger charge is 2.24. The number of hydrogen-bond donors (Lipinski definition) is 2. The second-order valence-electron chi connectivity index (χ2n) is 4.66. The van der Waals surface area contributed by atoms with Gasteiger partial charge in [0.1, 0.15) is 15.6 Å². The molecule has 0 fully saturated rings. The molecule has 1 aromatic heterocycles. The van der Waals surface area contributed by atoms with Crippen LogP contribution in [-0.2, 0) is 9.47 Å². The number of rotatable bonds is 7. The van der Waals surface area contributed by atoms with Crippen molar-refractivity contribution in [1.29, 1.82) is 0 Å². The van der Waals surface area contributed by atoms with Crippen LogP contribution in [0.4, 0.5) is 10.7 Å². The molecule has 0 aliphatic heterocycles. The maximum atomic E-state index is 11.7. The van der Waals surface area contributed by atoms with Gasteiger partial charge in [-0.15, -0.1) is 11.3 Å². The number of carbonyl (C=O) groups is 1. The van der Waals surface area contributed by atoms with E-state index in [1.54, 1.807) is 7.11 Å². The van der Waals surface area contributed by atoms with E-state index in [-0.39, 0.29) is 12.1 Å². The van der Waals surface area contributed by atoms with Crippen molar-refractivity contribution in [3.05, 3.63) is 4.88 Å². The Bertz CT molecular complexity index is 459. The van der Waals surface area contributed by atoms with Gasteiger partial charge < -0.3 is 25.3 Å². The van der Waals surface area contributed by atoms with Gasteiger partial charge in [0.25, 0.3) is 0 Å². The molecule has 1 unspecified atom stereocenters. The highest BCUT2D eigenvalue weighted by Crippen LogP contribution is 2.43. The molecule has 0 aliphatic rings. The Hall–Kier alpha value is -1.47. The monoisotopic (exact) mass is 302 g/mol. The number of carbonyl (C=O) groups excluding carboxylic acids is 1. The molecule has 1 atom stereocenters. The van der Waals surface area contributed by atoms with Gasteiger partial charge in [0.15, 0.2) is 5.75 Å². The molecule has 0 amide bonds. The molecule has 0 aromatic carbocycles. The summed E-state index contributed by atoms with van der Waals surface area (Å²) in [7, 11) is 2.96. The van der Waals surface area contributed by atoms with Gasteiger partial charge in [0.2, 0.25) is 0 Å². The lowest BCUT2D eigenvalue weighted by molar-refractivity contribution is 0.0607. The van der Waals surface area contributed by atoms with Gasteiger partial charge in [-0.05, 0) is 20.8 Å². The molecule has 7 heteroatoms. The Balaban J connectivity index is 3.09. The number of nitrogens with two attached hydrogens (primary N) is 1. The minimum atomic E-state index is -0.464. The van der Waals surface area contributed by atoms with Crippen molar-refractivity contribution < 1.29 is 19.0 Å². The first-order valence-electron chi connectivity index (χ1n) is 6.33. The average molecular weight is 302 g/mol. The lowest BCUT2D eigenvalue weighted by atomic mass is 10.3. The molecule has 0 aliphatic carbocycles. The van der Waals surface area contributed by atoms with Crippen LogP contribution in [0.5, 0.6) is 5.75 Å². The summed E-state index contributed by atoms with van der Waals surface area (Å²) in [6.07, 6.45) is -0.0457. The van der Waals surface area contributed by atoms with E-state index in [1.807, 2.05) is 20.8 Å². The smallest absolute Gasteiger partial charge is 0.350 e. The second kappa shape index (κ2) is 7.35. The van der Waals surface area contributed by atoms with Crippen molar-refractivity contribution in [3.8, 4) is 5.75 Å². The summed E-state index contributed by atoms with van der Waals surface area (Å²) in [6.45, 7) is 6.30. The molecule has 0 saturated heterocycles. The lowest BCUT2D eigenvalue weighted by Crippen LogP contribution is -2.21. The predicted octanol–water partition coefficient (Wildman–Crippen LogP) is 2.35. The average Bonchev–Trinajstić information content (AvgIpc) is 2.66. The van der Waals surface area contributed by atoms with Crippen molar-refractivity contribution in [2.45, 2.75) is 32.9 Å². The topological polar surface area (TPSA) is 82.8 Å². The first-order chi connectivity index (χ1) is 9.40. The molecular formula is C13H22N2O4S. The summed E-state index contributed by atoms with van der Waals surface area (Å²) in [5, 5.41) is 3.95. The maximum absolute atomic E-state index is 11.7. The lowest BCUT2D eigenvalue weighted by Gasteiger charge is -2.16. The molecule has 1 rings (SSSR count). The third-order valence-electron chi connectivity index (χ3n) is 2.42. The number of hydrogen-bond acceptors (Lipinski definition) is 7. The van der Waals surface area contributed by atoms with Crippen LogP contribution < -0.4 is 15.8 Å². The summed E-state index contributed by atoms with van der Waals surface area (Å²) in [5.74, 6) is 0.0295. The van der Waals surface area contributed by atoms with Gasteiger partial charge in [0.05, 0.1) is 19.8 Å². The second-order valence-corrected chi connectivity index (χ2v) is 5.68. The van der Waals surface area contributed by atoms with E-state index in [1.165, 1.54) is 18.4 Å². The highest BCUT2D eigenvalue weighted by atomic mass is 32.1. The van der Waals surface area contributed by atoms with Crippen molar-refractivity contribution in [3.63, 3.8) is 0 Å². The van der Waals surface area contributed by atoms with Gasteiger partial charge in [0, 0.05) is 13.2 Å². The molecule has 20 heavy (non-hydrogen) atoms. The van der Waals surface area contributed by atoms with Crippen LogP contribution >= 0.6 is 11.3 Å². The van der Waals surface area contributed by atoms with Gasteiger partial charge in [-0.2, -0.15) is 0 Å². The maximum Gasteiger partial charge on any atom is 0.350 e. The van der Waals surface area contributed by atoms with Crippen LogP contribution in [0, 0.1) is 0 Å². The molecule has 0 spiro atoms. The van der Waals surface area contributed by atoms with Crippen LogP contribution in [0.3, 0.4) is 0 Å². The highest BCUT2D eigenvalue weighted by molar-refractivity contribution is 7.19. The van der Waals surface area contributed by atoms with Gasteiger partial charge in [-0.25, -0.2) is 4.79 Å². The van der Waals surface area contributed by atoms with Crippen molar-refractivity contribution in [2.75, 3.05) is 31.9 Å². The largest absolute Gasteiger partial charge is 0.486 e. The molecule has 0 saturated carbocycles. The van der Waals surface area contributed by atoms with Crippen LogP contribution in [0.2, 0.25) is 0 Å². The van der Waals surface area contributed by atoms with Crippen LogP contribution in [0.15, 0.2) is 0 Å². The number of ether oxygens (including phenoxy) is 3. The third-order valence-corrected chi connectivity index (χ3v) is 3.52.